The van der Waals surface area contributed by atoms with Crippen LogP contribution in [0.3, 0.4) is 0 Å². The molecular weight excluding hydrogens is 318 g/mol. The molecule has 2 aromatic rings. The number of carbonyl (C=O) groups is 1. The fourth-order valence-corrected chi connectivity index (χ4v) is 2.41. The van der Waals surface area contributed by atoms with Crippen molar-refractivity contribution in [2.24, 2.45) is 0 Å². The average molecular weight is 322 g/mol. The van der Waals surface area contributed by atoms with E-state index in [0.29, 0.717) is 21.3 Å². The predicted octanol–water partition coefficient (Wildman–Crippen LogP) is 4.48. The van der Waals surface area contributed by atoms with Gasteiger partial charge in [0, 0.05) is 15.6 Å². The van der Waals surface area contributed by atoms with Gasteiger partial charge < -0.3 is 0 Å². The van der Waals surface area contributed by atoms with E-state index in [0.717, 1.165) is 0 Å². The van der Waals surface area contributed by atoms with Crippen molar-refractivity contribution in [3.63, 3.8) is 0 Å². The molecule has 0 radical (unpaired) electrons. The van der Waals surface area contributed by atoms with Gasteiger partial charge in [-0.15, -0.1) is 0 Å². The summed E-state index contributed by atoms with van der Waals surface area (Å²) in [6, 6.07) is 4.84. The maximum absolute atomic E-state index is 11.1. The molecule has 0 aliphatic carbocycles. The third-order valence-electron chi connectivity index (χ3n) is 2.11. The lowest BCUT2D eigenvalue weighted by molar-refractivity contribution is 0.107. The Bertz CT molecular complexity index is 610. The van der Waals surface area contributed by atoms with E-state index in [2.05, 4.69) is 9.97 Å². The quantitative estimate of drug-likeness (QED) is 0.766. The minimum Gasteiger partial charge on any atom is -0.274 e. The van der Waals surface area contributed by atoms with Gasteiger partial charge in [-0.2, -0.15) is 0 Å². The highest BCUT2D eigenvalue weighted by Crippen LogP contribution is 2.31. The molecule has 0 aliphatic rings. The van der Waals surface area contributed by atoms with Crippen molar-refractivity contribution in [1.29, 1.82) is 0 Å². The number of aromatic nitrogens is 2. The van der Waals surface area contributed by atoms with E-state index >= 15 is 0 Å². The van der Waals surface area contributed by atoms with Gasteiger partial charge in [0.1, 0.15) is 12.0 Å². The first-order chi connectivity index (χ1) is 8.49. The van der Waals surface area contributed by atoms with Gasteiger partial charge in [-0.05, 0) is 29.8 Å². The molecule has 1 aromatic carbocycles. The molecule has 0 aliphatic heterocycles. The summed E-state index contributed by atoms with van der Waals surface area (Å²) >= 11 is 23.2. The lowest BCUT2D eigenvalue weighted by Crippen LogP contribution is -1.99. The monoisotopic (exact) mass is 320 g/mol. The van der Waals surface area contributed by atoms with Crippen LogP contribution in [0.25, 0.3) is 11.3 Å². The Labute approximate surface area is 123 Å². The molecule has 92 valence electrons. The van der Waals surface area contributed by atoms with Crippen LogP contribution in [-0.4, -0.2) is 15.2 Å². The Kier molecular flexibility index (Phi) is 4.07. The highest BCUT2D eigenvalue weighted by molar-refractivity contribution is 6.68. The maximum Gasteiger partial charge on any atom is 0.272 e. The zero-order chi connectivity index (χ0) is 13.3. The number of benzene rings is 1. The molecule has 18 heavy (non-hydrogen) atoms. The fraction of sp³-hybridized carbons (Fsp3) is 0. The third-order valence-corrected chi connectivity index (χ3v) is 3.09. The van der Waals surface area contributed by atoms with Crippen molar-refractivity contribution in [1.82, 2.24) is 9.97 Å². The number of hydrogen-bond donors (Lipinski definition) is 0. The molecular formula is C11H4Cl4N2O. The van der Waals surface area contributed by atoms with Gasteiger partial charge >= 0.3 is 0 Å². The van der Waals surface area contributed by atoms with Gasteiger partial charge in [0.15, 0.2) is 0 Å². The zero-order valence-corrected chi connectivity index (χ0v) is 11.6. The summed E-state index contributed by atoms with van der Waals surface area (Å²) in [4.78, 5) is 18.8. The van der Waals surface area contributed by atoms with Crippen molar-refractivity contribution in [2.45, 2.75) is 0 Å². The SMILES string of the molecule is O=C(Cl)c1ncnc(-c2cc(Cl)cc(Cl)c2)c1Cl. The molecule has 0 unspecified atom stereocenters. The van der Waals surface area contributed by atoms with Crippen LogP contribution in [0.5, 0.6) is 0 Å². The molecule has 0 saturated heterocycles. The normalized spacial score (nSPS) is 10.4. The molecule has 0 amide bonds. The molecule has 0 bridgehead atoms. The Balaban J connectivity index is 2.64. The second kappa shape index (κ2) is 5.41. The van der Waals surface area contributed by atoms with Gasteiger partial charge in [0.2, 0.25) is 0 Å². The van der Waals surface area contributed by atoms with Crippen LogP contribution < -0.4 is 0 Å². The standard InChI is InChI=1S/C11H4Cl4N2O/c12-6-1-5(2-7(13)3-6)9-8(14)10(11(15)18)17-4-16-9/h1-4H. The van der Waals surface area contributed by atoms with Gasteiger partial charge in [0.25, 0.3) is 5.24 Å². The number of nitrogens with zero attached hydrogens (tertiary/aromatic N) is 2. The maximum atomic E-state index is 11.1. The van der Waals surface area contributed by atoms with E-state index in [-0.39, 0.29) is 10.7 Å². The molecule has 3 nitrogen and oxygen atoms in total. The highest BCUT2D eigenvalue weighted by atomic mass is 35.5. The molecule has 1 aromatic heterocycles. The summed E-state index contributed by atoms with van der Waals surface area (Å²) in [6.07, 6.45) is 1.20. The van der Waals surface area contributed by atoms with Crippen LogP contribution in [0.15, 0.2) is 24.5 Å². The summed E-state index contributed by atoms with van der Waals surface area (Å²) in [6.45, 7) is 0. The van der Waals surface area contributed by atoms with Crippen LogP contribution in [0.1, 0.15) is 10.5 Å². The fourth-order valence-electron chi connectivity index (χ4n) is 1.40. The molecule has 1 heterocycles. The van der Waals surface area contributed by atoms with Crippen molar-refractivity contribution >= 4 is 51.6 Å². The van der Waals surface area contributed by atoms with E-state index < -0.39 is 5.24 Å². The Morgan fingerprint density at radius 1 is 1.00 bits per heavy atom. The number of hydrogen-bond acceptors (Lipinski definition) is 3. The van der Waals surface area contributed by atoms with Crippen LogP contribution in [-0.2, 0) is 0 Å². The zero-order valence-electron chi connectivity index (χ0n) is 8.62. The lowest BCUT2D eigenvalue weighted by Gasteiger charge is -2.06. The van der Waals surface area contributed by atoms with Crippen LogP contribution in [0.2, 0.25) is 15.1 Å². The first kappa shape index (κ1) is 13.6. The summed E-state index contributed by atoms with van der Waals surface area (Å²) in [5.41, 5.74) is 0.874. The van der Waals surface area contributed by atoms with Crippen molar-refractivity contribution in [3.8, 4) is 11.3 Å². The highest BCUT2D eigenvalue weighted by Gasteiger charge is 2.16. The summed E-state index contributed by atoms with van der Waals surface area (Å²) in [7, 11) is 0. The largest absolute Gasteiger partial charge is 0.274 e. The summed E-state index contributed by atoms with van der Waals surface area (Å²) in [5, 5.41) is 0.185. The van der Waals surface area contributed by atoms with Crippen molar-refractivity contribution < 1.29 is 4.79 Å². The third kappa shape index (κ3) is 2.75. The van der Waals surface area contributed by atoms with Gasteiger partial charge in [-0.25, -0.2) is 9.97 Å². The molecule has 0 saturated carbocycles. The number of rotatable bonds is 2. The molecule has 2 rings (SSSR count). The second-order valence-electron chi connectivity index (χ2n) is 3.32. The van der Waals surface area contributed by atoms with Crippen molar-refractivity contribution in [3.05, 3.63) is 45.3 Å². The topological polar surface area (TPSA) is 42.9 Å². The van der Waals surface area contributed by atoms with E-state index in [1.54, 1.807) is 18.2 Å². The smallest absolute Gasteiger partial charge is 0.272 e. The average Bonchev–Trinajstić information content (AvgIpc) is 2.27. The summed E-state index contributed by atoms with van der Waals surface area (Å²) in [5.74, 6) is 0. The van der Waals surface area contributed by atoms with E-state index in [9.17, 15) is 4.79 Å². The van der Waals surface area contributed by atoms with E-state index in [1.165, 1.54) is 6.33 Å². The van der Waals surface area contributed by atoms with E-state index in [1.807, 2.05) is 0 Å². The molecule has 0 spiro atoms. The molecule has 0 N–H and O–H groups in total. The number of carbonyl (C=O) groups excluding carboxylic acids is 1. The van der Waals surface area contributed by atoms with Crippen LogP contribution >= 0.6 is 46.4 Å². The molecule has 7 heteroatoms. The second-order valence-corrected chi connectivity index (χ2v) is 4.91. The molecule has 0 atom stereocenters. The Morgan fingerprint density at radius 2 is 1.61 bits per heavy atom. The summed E-state index contributed by atoms with van der Waals surface area (Å²) < 4.78 is 0. The first-order valence-corrected chi connectivity index (χ1v) is 6.17. The van der Waals surface area contributed by atoms with Crippen molar-refractivity contribution in [2.75, 3.05) is 0 Å². The van der Waals surface area contributed by atoms with Gasteiger partial charge in [-0.1, -0.05) is 34.8 Å². The first-order valence-electron chi connectivity index (χ1n) is 4.66. The van der Waals surface area contributed by atoms with E-state index in [4.69, 9.17) is 46.4 Å². The minimum atomic E-state index is -0.753. The molecule has 0 fully saturated rings. The number of halogens is 4. The van der Waals surface area contributed by atoms with Crippen LogP contribution in [0.4, 0.5) is 0 Å². The Hall–Kier alpha value is -0.870. The minimum absolute atomic E-state index is 0.0561. The Morgan fingerprint density at radius 3 is 2.17 bits per heavy atom. The van der Waals surface area contributed by atoms with Gasteiger partial charge in [-0.3, -0.25) is 4.79 Å². The lowest BCUT2D eigenvalue weighted by atomic mass is 10.1. The predicted molar refractivity (Wildman–Crippen MR) is 72.7 cm³/mol. The van der Waals surface area contributed by atoms with Crippen LogP contribution in [0, 0.1) is 0 Å². The van der Waals surface area contributed by atoms with Gasteiger partial charge in [0.05, 0.1) is 10.7 Å².